The van der Waals surface area contributed by atoms with E-state index in [1.165, 1.54) is 18.5 Å². The molecule has 3 heteroatoms. The molecule has 1 aliphatic rings. The number of ether oxygens (including phenoxy) is 1. The van der Waals surface area contributed by atoms with E-state index < -0.39 is 0 Å². The number of hydrogen-bond acceptors (Lipinski definition) is 3. The molecule has 1 heterocycles. The van der Waals surface area contributed by atoms with Crippen LogP contribution in [0.5, 0.6) is 5.75 Å². The Morgan fingerprint density at radius 3 is 2.53 bits per heavy atom. The standard InChI is InChI=1S/C16H26N2O/c1-13(2)12-19-16-5-3-15(4-6-16)18-11-14-7-9-17-10-8-14/h3-6,13-14,17-18H,7-12H2,1-2H3. The van der Waals surface area contributed by atoms with Crippen LogP contribution in [-0.2, 0) is 0 Å². The topological polar surface area (TPSA) is 33.3 Å². The van der Waals surface area contributed by atoms with E-state index >= 15 is 0 Å². The first-order chi connectivity index (χ1) is 9.24. The number of hydrogen-bond donors (Lipinski definition) is 2. The van der Waals surface area contributed by atoms with Crippen LogP contribution in [0.4, 0.5) is 5.69 Å². The van der Waals surface area contributed by atoms with Crippen molar-refractivity contribution in [2.24, 2.45) is 11.8 Å². The predicted molar refractivity (Wildman–Crippen MR) is 80.9 cm³/mol. The van der Waals surface area contributed by atoms with Crippen molar-refractivity contribution in [3.05, 3.63) is 24.3 Å². The van der Waals surface area contributed by atoms with Crippen molar-refractivity contribution < 1.29 is 4.74 Å². The third kappa shape index (κ3) is 5.11. The second-order valence-electron chi connectivity index (χ2n) is 5.80. The summed E-state index contributed by atoms with van der Waals surface area (Å²) in [5, 5.41) is 6.92. The summed E-state index contributed by atoms with van der Waals surface area (Å²) in [5.74, 6) is 2.33. The molecule has 0 unspecified atom stereocenters. The smallest absolute Gasteiger partial charge is 0.119 e. The van der Waals surface area contributed by atoms with Crippen LogP contribution in [0.2, 0.25) is 0 Å². The zero-order valence-corrected chi connectivity index (χ0v) is 12.1. The summed E-state index contributed by atoms with van der Waals surface area (Å²) in [6.45, 7) is 8.50. The molecule has 0 saturated carbocycles. The maximum atomic E-state index is 5.68. The fraction of sp³-hybridized carbons (Fsp3) is 0.625. The first-order valence-electron chi connectivity index (χ1n) is 7.41. The second-order valence-corrected chi connectivity index (χ2v) is 5.80. The van der Waals surface area contributed by atoms with Gasteiger partial charge < -0.3 is 15.4 Å². The predicted octanol–water partition coefficient (Wildman–Crippen LogP) is 3.13. The molecule has 1 aromatic carbocycles. The summed E-state index contributed by atoms with van der Waals surface area (Å²) >= 11 is 0. The summed E-state index contributed by atoms with van der Waals surface area (Å²) in [6.07, 6.45) is 2.56. The monoisotopic (exact) mass is 262 g/mol. The molecule has 0 aromatic heterocycles. The van der Waals surface area contributed by atoms with Gasteiger partial charge in [0.2, 0.25) is 0 Å². The van der Waals surface area contributed by atoms with E-state index in [0.29, 0.717) is 5.92 Å². The summed E-state index contributed by atoms with van der Waals surface area (Å²) in [6, 6.07) is 8.31. The minimum Gasteiger partial charge on any atom is -0.493 e. The van der Waals surface area contributed by atoms with Gasteiger partial charge in [0.25, 0.3) is 0 Å². The van der Waals surface area contributed by atoms with Gasteiger partial charge in [0.15, 0.2) is 0 Å². The Balaban J connectivity index is 1.74. The highest BCUT2D eigenvalue weighted by molar-refractivity contribution is 5.46. The molecule has 0 radical (unpaired) electrons. The number of benzene rings is 1. The van der Waals surface area contributed by atoms with Crippen LogP contribution in [0.25, 0.3) is 0 Å². The minimum absolute atomic E-state index is 0.567. The Bertz CT molecular complexity index is 356. The second kappa shape index (κ2) is 7.39. The van der Waals surface area contributed by atoms with Gasteiger partial charge in [0.05, 0.1) is 6.61 Å². The quantitative estimate of drug-likeness (QED) is 0.826. The van der Waals surface area contributed by atoms with Crippen molar-refractivity contribution in [2.75, 3.05) is 31.6 Å². The Kier molecular flexibility index (Phi) is 5.52. The van der Waals surface area contributed by atoms with Crippen molar-refractivity contribution in [3.63, 3.8) is 0 Å². The van der Waals surface area contributed by atoms with Crippen molar-refractivity contribution in [2.45, 2.75) is 26.7 Å². The molecule has 106 valence electrons. The third-order valence-corrected chi connectivity index (χ3v) is 3.49. The molecule has 0 bridgehead atoms. The first kappa shape index (κ1) is 14.2. The highest BCUT2D eigenvalue weighted by Crippen LogP contribution is 2.18. The number of rotatable bonds is 6. The molecule has 0 aliphatic carbocycles. The van der Waals surface area contributed by atoms with Crippen LogP contribution in [-0.4, -0.2) is 26.2 Å². The summed E-state index contributed by atoms with van der Waals surface area (Å²) < 4.78 is 5.68. The number of piperidine rings is 1. The molecular formula is C16H26N2O. The Hall–Kier alpha value is -1.22. The minimum atomic E-state index is 0.567. The average Bonchev–Trinajstić information content (AvgIpc) is 2.45. The SMILES string of the molecule is CC(C)COc1ccc(NCC2CCNCC2)cc1. The zero-order chi connectivity index (χ0) is 13.5. The van der Waals surface area contributed by atoms with Crippen molar-refractivity contribution in [1.82, 2.24) is 5.32 Å². The van der Waals surface area contributed by atoms with Gasteiger partial charge in [-0.05, 0) is 62.0 Å². The van der Waals surface area contributed by atoms with Crippen LogP contribution in [0.1, 0.15) is 26.7 Å². The van der Waals surface area contributed by atoms with Gasteiger partial charge in [0.1, 0.15) is 5.75 Å². The molecule has 0 amide bonds. The lowest BCUT2D eigenvalue weighted by Crippen LogP contribution is -2.31. The lowest BCUT2D eigenvalue weighted by Gasteiger charge is -2.23. The van der Waals surface area contributed by atoms with Crippen LogP contribution in [0, 0.1) is 11.8 Å². The lowest BCUT2D eigenvalue weighted by molar-refractivity contribution is 0.271. The zero-order valence-electron chi connectivity index (χ0n) is 12.1. The van der Waals surface area contributed by atoms with E-state index in [4.69, 9.17) is 4.74 Å². The van der Waals surface area contributed by atoms with E-state index in [2.05, 4.69) is 36.6 Å². The maximum absolute atomic E-state index is 5.68. The molecule has 0 spiro atoms. The molecule has 1 saturated heterocycles. The Labute approximate surface area is 116 Å². The van der Waals surface area contributed by atoms with E-state index in [-0.39, 0.29) is 0 Å². The Morgan fingerprint density at radius 1 is 1.21 bits per heavy atom. The molecule has 3 nitrogen and oxygen atoms in total. The van der Waals surface area contributed by atoms with Gasteiger partial charge in [-0.15, -0.1) is 0 Å². The molecule has 1 fully saturated rings. The molecular weight excluding hydrogens is 236 g/mol. The van der Waals surface area contributed by atoms with Gasteiger partial charge in [-0.25, -0.2) is 0 Å². The summed E-state index contributed by atoms with van der Waals surface area (Å²) in [7, 11) is 0. The Morgan fingerprint density at radius 2 is 1.89 bits per heavy atom. The largest absolute Gasteiger partial charge is 0.493 e. The first-order valence-corrected chi connectivity index (χ1v) is 7.41. The molecule has 2 rings (SSSR count). The fourth-order valence-electron chi connectivity index (χ4n) is 2.28. The maximum Gasteiger partial charge on any atom is 0.119 e. The third-order valence-electron chi connectivity index (χ3n) is 3.49. The van der Waals surface area contributed by atoms with Crippen LogP contribution >= 0.6 is 0 Å². The highest BCUT2D eigenvalue weighted by Gasteiger charge is 2.12. The van der Waals surface area contributed by atoms with Gasteiger partial charge in [-0.2, -0.15) is 0 Å². The van der Waals surface area contributed by atoms with Gasteiger partial charge in [0, 0.05) is 12.2 Å². The van der Waals surface area contributed by atoms with Gasteiger partial charge >= 0.3 is 0 Å². The average molecular weight is 262 g/mol. The molecule has 1 aliphatic heterocycles. The highest BCUT2D eigenvalue weighted by atomic mass is 16.5. The lowest BCUT2D eigenvalue weighted by atomic mass is 9.98. The van der Waals surface area contributed by atoms with Crippen LogP contribution < -0.4 is 15.4 Å². The molecule has 1 aromatic rings. The summed E-state index contributed by atoms with van der Waals surface area (Å²) in [5.41, 5.74) is 1.19. The molecule has 2 N–H and O–H groups in total. The van der Waals surface area contributed by atoms with Gasteiger partial charge in [-0.3, -0.25) is 0 Å². The van der Waals surface area contributed by atoms with Crippen LogP contribution in [0.15, 0.2) is 24.3 Å². The van der Waals surface area contributed by atoms with Crippen molar-refractivity contribution >= 4 is 5.69 Å². The molecule has 0 atom stereocenters. The van der Waals surface area contributed by atoms with Gasteiger partial charge in [-0.1, -0.05) is 13.8 Å². The number of nitrogens with one attached hydrogen (secondary N) is 2. The normalized spacial score (nSPS) is 16.6. The number of anilines is 1. The van der Waals surface area contributed by atoms with E-state index in [9.17, 15) is 0 Å². The fourth-order valence-corrected chi connectivity index (χ4v) is 2.28. The van der Waals surface area contributed by atoms with Crippen molar-refractivity contribution in [3.8, 4) is 5.75 Å². The molecule has 19 heavy (non-hydrogen) atoms. The van der Waals surface area contributed by atoms with Crippen molar-refractivity contribution in [1.29, 1.82) is 0 Å². The van der Waals surface area contributed by atoms with E-state index in [1.54, 1.807) is 0 Å². The summed E-state index contributed by atoms with van der Waals surface area (Å²) in [4.78, 5) is 0. The van der Waals surface area contributed by atoms with E-state index in [0.717, 1.165) is 37.9 Å². The van der Waals surface area contributed by atoms with Crippen LogP contribution in [0.3, 0.4) is 0 Å². The van der Waals surface area contributed by atoms with E-state index in [1.807, 2.05) is 12.1 Å².